The van der Waals surface area contributed by atoms with Crippen LogP contribution >= 0.6 is 35.4 Å². The van der Waals surface area contributed by atoms with Crippen LogP contribution in [-0.4, -0.2) is 42.8 Å². The maximum atomic E-state index is 12.6. The number of thiocarbonyl (C=S) groups is 1. The molecular formula is C23H25Cl2N3O4S. The van der Waals surface area contributed by atoms with Crippen molar-refractivity contribution in [1.29, 1.82) is 0 Å². The summed E-state index contributed by atoms with van der Waals surface area (Å²) in [5.41, 5.74) is 0.939. The first-order valence-corrected chi connectivity index (χ1v) is 11.8. The monoisotopic (exact) mass is 509 g/mol. The zero-order valence-corrected chi connectivity index (χ0v) is 20.2. The number of amides is 2. The van der Waals surface area contributed by atoms with Gasteiger partial charge >= 0.3 is 0 Å². The van der Waals surface area contributed by atoms with Crippen LogP contribution in [0.2, 0.25) is 10.0 Å². The SMILES string of the molecule is O=C(CCCOc1ccc(Cl)cc1Cl)NC(=S)Nc1ccccc1C(=O)NCC1CCCO1. The molecule has 2 aromatic carbocycles. The van der Waals surface area contributed by atoms with Crippen molar-refractivity contribution in [2.75, 3.05) is 25.1 Å². The summed E-state index contributed by atoms with van der Waals surface area (Å²) in [5, 5.41) is 9.48. The average Bonchev–Trinajstić information content (AvgIpc) is 3.30. The molecular weight excluding hydrogens is 485 g/mol. The first-order valence-electron chi connectivity index (χ1n) is 10.6. The number of hydrogen-bond acceptors (Lipinski definition) is 5. The minimum atomic E-state index is -0.265. The second-order valence-electron chi connectivity index (χ2n) is 7.42. The first-order chi connectivity index (χ1) is 15.9. The van der Waals surface area contributed by atoms with E-state index in [9.17, 15) is 9.59 Å². The summed E-state index contributed by atoms with van der Waals surface area (Å²) >= 11 is 17.2. The van der Waals surface area contributed by atoms with E-state index in [1.54, 1.807) is 42.5 Å². The van der Waals surface area contributed by atoms with Crippen molar-refractivity contribution in [2.24, 2.45) is 0 Å². The van der Waals surface area contributed by atoms with Crippen molar-refractivity contribution in [3.8, 4) is 5.75 Å². The molecule has 1 heterocycles. The number of hydrogen-bond donors (Lipinski definition) is 3. The minimum Gasteiger partial charge on any atom is -0.492 e. The molecule has 3 N–H and O–H groups in total. The number of benzene rings is 2. The van der Waals surface area contributed by atoms with E-state index in [0.717, 1.165) is 19.4 Å². The van der Waals surface area contributed by atoms with Crippen LogP contribution in [0.1, 0.15) is 36.0 Å². The Morgan fingerprint density at radius 2 is 2.00 bits per heavy atom. The molecule has 10 heteroatoms. The van der Waals surface area contributed by atoms with E-state index in [4.69, 9.17) is 44.9 Å². The fraction of sp³-hybridized carbons (Fsp3) is 0.348. The highest BCUT2D eigenvalue weighted by Crippen LogP contribution is 2.27. The van der Waals surface area contributed by atoms with Gasteiger partial charge in [-0.25, -0.2) is 0 Å². The van der Waals surface area contributed by atoms with Gasteiger partial charge in [0.25, 0.3) is 5.91 Å². The molecule has 0 bridgehead atoms. The summed E-state index contributed by atoms with van der Waals surface area (Å²) < 4.78 is 11.1. The molecule has 7 nitrogen and oxygen atoms in total. The van der Waals surface area contributed by atoms with Gasteiger partial charge in [0.05, 0.1) is 29.0 Å². The van der Waals surface area contributed by atoms with Crippen LogP contribution in [0, 0.1) is 0 Å². The number of nitrogens with one attached hydrogen (secondary N) is 3. The second-order valence-corrected chi connectivity index (χ2v) is 8.67. The third-order valence-corrected chi connectivity index (χ3v) is 5.62. The van der Waals surface area contributed by atoms with E-state index < -0.39 is 0 Å². The highest BCUT2D eigenvalue weighted by Gasteiger charge is 2.18. The van der Waals surface area contributed by atoms with E-state index in [2.05, 4.69) is 16.0 Å². The Balaban J connectivity index is 1.42. The number of rotatable bonds is 9. The van der Waals surface area contributed by atoms with Crippen LogP contribution in [0.4, 0.5) is 5.69 Å². The fourth-order valence-corrected chi connectivity index (χ4v) is 3.93. The minimum absolute atomic E-state index is 0.0501. The summed E-state index contributed by atoms with van der Waals surface area (Å²) in [4.78, 5) is 24.8. The van der Waals surface area contributed by atoms with Gasteiger partial charge < -0.3 is 25.4 Å². The average molecular weight is 510 g/mol. The van der Waals surface area contributed by atoms with Gasteiger partial charge in [0, 0.05) is 24.6 Å². The van der Waals surface area contributed by atoms with Crippen LogP contribution in [0.5, 0.6) is 5.75 Å². The lowest BCUT2D eigenvalue weighted by Gasteiger charge is -2.15. The van der Waals surface area contributed by atoms with Gasteiger partial charge in [-0.3, -0.25) is 9.59 Å². The largest absolute Gasteiger partial charge is 0.492 e. The number of halogens is 2. The van der Waals surface area contributed by atoms with Crippen LogP contribution in [0.25, 0.3) is 0 Å². The highest BCUT2D eigenvalue weighted by atomic mass is 35.5. The highest BCUT2D eigenvalue weighted by molar-refractivity contribution is 7.80. The smallest absolute Gasteiger partial charge is 0.253 e. The Bertz CT molecular complexity index is 999. The van der Waals surface area contributed by atoms with Crippen LogP contribution in [-0.2, 0) is 9.53 Å². The standard InChI is InChI=1S/C23H25Cl2N3O4S/c24-15-9-10-20(18(25)13-15)32-12-4-8-21(29)28-23(33)27-19-7-2-1-6-17(19)22(30)26-14-16-5-3-11-31-16/h1-2,6-7,9-10,13,16H,3-5,8,11-12,14H2,(H,26,30)(H2,27,28,29,33). The van der Waals surface area contributed by atoms with Gasteiger partial charge in [0.1, 0.15) is 5.75 Å². The molecule has 0 radical (unpaired) electrons. The van der Waals surface area contributed by atoms with Crippen molar-refractivity contribution < 1.29 is 19.1 Å². The molecule has 1 fully saturated rings. The van der Waals surface area contributed by atoms with E-state index in [-0.39, 0.29) is 29.5 Å². The van der Waals surface area contributed by atoms with Crippen molar-refractivity contribution in [2.45, 2.75) is 31.8 Å². The molecule has 1 aliphatic heterocycles. The van der Waals surface area contributed by atoms with Crippen LogP contribution in [0.15, 0.2) is 42.5 Å². The Hall–Kier alpha value is -2.39. The molecule has 2 amide bonds. The summed E-state index contributed by atoms with van der Waals surface area (Å²) in [5.74, 6) is 0.00685. The number of para-hydroxylation sites is 1. The maximum absolute atomic E-state index is 12.6. The maximum Gasteiger partial charge on any atom is 0.253 e. The molecule has 0 saturated carbocycles. The topological polar surface area (TPSA) is 88.7 Å². The molecule has 1 saturated heterocycles. The van der Waals surface area contributed by atoms with Crippen LogP contribution < -0.4 is 20.7 Å². The van der Waals surface area contributed by atoms with E-state index in [0.29, 0.717) is 46.6 Å². The lowest BCUT2D eigenvalue weighted by Crippen LogP contribution is -2.35. The van der Waals surface area contributed by atoms with Crippen LogP contribution in [0.3, 0.4) is 0 Å². The summed E-state index contributed by atoms with van der Waals surface area (Å²) in [6.07, 6.45) is 2.67. The van der Waals surface area contributed by atoms with Crippen molar-refractivity contribution in [1.82, 2.24) is 10.6 Å². The first kappa shape index (κ1) is 25.2. The summed E-state index contributed by atoms with van der Waals surface area (Å²) in [6.45, 7) is 1.49. The predicted molar refractivity (Wildman–Crippen MR) is 133 cm³/mol. The molecule has 33 heavy (non-hydrogen) atoms. The Kier molecular flexibility index (Phi) is 9.75. The molecule has 0 aliphatic carbocycles. The van der Waals surface area contributed by atoms with Crippen molar-refractivity contribution in [3.05, 3.63) is 58.1 Å². The van der Waals surface area contributed by atoms with Crippen molar-refractivity contribution >= 4 is 58.0 Å². The molecule has 1 atom stereocenters. The van der Waals surface area contributed by atoms with Gasteiger partial charge in [-0.1, -0.05) is 35.3 Å². The molecule has 0 aromatic heterocycles. The zero-order chi connectivity index (χ0) is 23.6. The Morgan fingerprint density at radius 1 is 1.18 bits per heavy atom. The van der Waals surface area contributed by atoms with Gasteiger partial charge in [0.15, 0.2) is 5.11 Å². The number of carbonyl (C=O) groups excluding carboxylic acids is 2. The number of carbonyl (C=O) groups is 2. The van der Waals surface area contributed by atoms with E-state index in [1.165, 1.54) is 0 Å². The number of anilines is 1. The Morgan fingerprint density at radius 3 is 2.76 bits per heavy atom. The van der Waals surface area contributed by atoms with Gasteiger partial charge in [-0.05, 0) is 61.8 Å². The predicted octanol–water partition coefficient (Wildman–Crippen LogP) is 4.57. The third kappa shape index (κ3) is 8.16. The zero-order valence-electron chi connectivity index (χ0n) is 17.9. The van der Waals surface area contributed by atoms with Gasteiger partial charge in [0.2, 0.25) is 5.91 Å². The normalized spacial score (nSPS) is 15.0. The fourth-order valence-electron chi connectivity index (χ4n) is 3.25. The molecule has 2 aromatic rings. The van der Waals surface area contributed by atoms with Gasteiger partial charge in [-0.15, -0.1) is 0 Å². The summed E-state index contributed by atoms with van der Waals surface area (Å²) in [6, 6.07) is 11.9. The quantitative estimate of drug-likeness (QED) is 0.338. The van der Waals surface area contributed by atoms with Crippen molar-refractivity contribution in [3.63, 3.8) is 0 Å². The van der Waals surface area contributed by atoms with E-state index in [1.807, 2.05) is 0 Å². The molecule has 0 spiro atoms. The Labute approximate surface area is 208 Å². The molecule has 1 aliphatic rings. The lowest BCUT2D eigenvalue weighted by atomic mass is 10.1. The van der Waals surface area contributed by atoms with Gasteiger partial charge in [-0.2, -0.15) is 0 Å². The second kappa shape index (κ2) is 12.7. The molecule has 1 unspecified atom stereocenters. The summed E-state index contributed by atoms with van der Waals surface area (Å²) in [7, 11) is 0. The van der Waals surface area contributed by atoms with E-state index >= 15 is 0 Å². The number of ether oxygens (including phenoxy) is 2. The lowest BCUT2D eigenvalue weighted by molar-refractivity contribution is -0.119. The molecule has 176 valence electrons. The third-order valence-electron chi connectivity index (χ3n) is 4.89. The molecule has 3 rings (SSSR count).